The maximum atomic E-state index is 9.65. The van der Waals surface area contributed by atoms with Crippen molar-refractivity contribution < 1.29 is 5.11 Å². The molecule has 1 heteroatoms. The second-order valence-electron chi connectivity index (χ2n) is 4.06. The van der Waals surface area contributed by atoms with Crippen molar-refractivity contribution in [1.29, 1.82) is 0 Å². The highest BCUT2D eigenvalue weighted by Crippen LogP contribution is 2.36. The second-order valence-corrected chi connectivity index (χ2v) is 4.06. The lowest BCUT2D eigenvalue weighted by molar-refractivity contribution is 0.0199. The summed E-state index contributed by atoms with van der Waals surface area (Å²) in [6.45, 7) is 8.37. The van der Waals surface area contributed by atoms with Crippen molar-refractivity contribution >= 4 is 0 Å². The lowest BCUT2D eigenvalue weighted by Gasteiger charge is -2.23. The Hall–Kier alpha value is -0.0400. The average molecular weight is 172 g/mol. The molecule has 0 spiro atoms. The van der Waals surface area contributed by atoms with Crippen LogP contribution >= 0.6 is 0 Å². The third-order valence-electron chi connectivity index (χ3n) is 2.61. The van der Waals surface area contributed by atoms with Crippen LogP contribution in [0.15, 0.2) is 0 Å². The van der Waals surface area contributed by atoms with E-state index in [9.17, 15) is 5.11 Å². The molecule has 12 heavy (non-hydrogen) atoms. The summed E-state index contributed by atoms with van der Waals surface area (Å²) < 4.78 is 0. The van der Waals surface area contributed by atoms with Crippen molar-refractivity contribution in [3.05, 3.63) is 0 Å². The van der Waals surface area contributed by atoms with Crippen LogP contribution in [0.1, 0.15) is 59.8 Å². The fourth-order valence-corrected chi connectivity index (χ4v) is 1.87. The van der Waals surface area contributed by atoms with E-state index in [1.165, 1.54) is 19.3 Å². The molecular weight excluding hydrogens is 148 g/mol. The van der Waals surface area contributed by atoms with E-state index in [4.69, 9.17) is 0 Å². The molecule has 0 heterocycles. The molecule has 0 aromatic heterocycles. The monoisotopic (exact) mass is 172 g/mol. The first-order chi connectivity index (χ1) is 5.58. The van der Waals surface area contributed by atoms with Gasteiger partial charge in [0.2, 0.25) is 0 Å². The first-order valence-corrected chi connectivity index (χ1v) is 5.30. The van der Waals surface area contributed by atoms with Crippen LogP contribution in [-0.2, 0) is 0 Å². The third kappa shape index (κ3) is 3.57. The van der Waals surface area contributed by atoms with Gasteiger partial charge >= 0.3 is 0 Å². The molecular formula is C11H24O. The molecule has 0 radical (unpaired) electrons. The van der Waals surface area contributed by atoms with Crippen molar-refractivity contribution in [3.63, 3.8) is 0 Å². The molecule has 1 N–H and O–H groups in total. The van der Waals surface area contributed by atoms with E-state index in [-0.39, 0.29) is 5.60 Å². The molecule has 0 saturated heterocycles. The Labute approximate surface area is 77.2 Å². The van der Waals surface area contributed by atoms with Crippen LogP contribution < -0.4 is 0 Å². The molecule has 1 fully saturated rings. The summed E-state index contributed by atoms with van der Waals surface area (Å²) in [7, 11) is 0. The molecule has 0 aliphatic heterocycles. The Morgan fingerprint density at radius 1 is 1.33 bits per heavy atom. The maximum absolute atomic E-state index is 9.65. The van der Waals surface area contributed by atoms with Gasteiger partial charge in [-0.15, -0.1) is 0 Å². The van der Waals surface area contributed by atoms with Crippen LogP contribution in [0.25, 0.3) is 0 Å². The molecule has 74 valence electrons. The second kappa shape index (κ2) is 5.58. The summed E-state index contributed by atoms with van der Waals surface area (Å²) in [5.41, 5.74) is -0.339. The quantitative estimate of drug-likeness (QED) is 0.643. The highest BCUT2D eigenvalue weighted by molar-refractivity contribution is 4.87. The van der Waals surface area contributed by atoms with Gasteiger partial charge in [-0.3, -0.25) is 0 Å². The van der Waals surface area contributed by atoms with Gasteiger partial charge in [-0.05, 0) is 25.7 Å². The Bertz CT molecular complexity index is 108. The van der Waals surface area contributed by atoms with Gasteiger partial charge in [-0.25, -0.2) is 0 Å². The molecule has 1 nitrogen and oxygen atoms in total. The zero-order chi connectivity index (χ0) is 9.61. The topological polar surface area (TPSA) is 20.2 Å². The highest BCUT2D eigenvalue weighted by Gasteiger charge is 2.34. The summed E-state index contributed by atoms with van der Waals surface area (Å²) in [5, 5.41) is 9.65. The fraction of sp³-hybridized carbons (Fsp3) is 1.00. The van der Waals surface area contributed by atoms with Gasteiger partial charge < -0.3 is 5.11 Å². The van der Waals surface area contributed by atoms with Crippen LogP contribution in [0.3, 0.4) is 0 Å². The van der Waals surface area contributed by atoms with E-state index in [2.05, 4.69) is 20.8 Å². The van der Waals surface area contributed by atoms with E-state index in [0.717, 1.165) is 12.8 Å². The van der Waals surface area contributed by atoms with E-state index >= 15 is 0 Å². The average Bonchev–Trinajstić information content (AvgIpc) is 2.30. The molecule has 1 aliphatic rings. The van der Waals surface area contributed by atoms with Gasteiger partial charge in [0, 0.05) is 0 Å². The van der Waals surface area contributed by atoms with Crippen molar-refractivity contribution in [2.45, 2.75) is 65.4 Å². The van der Waals surface area contributed by atoms with Crippen molar-refractivity contribution in [1.82, 2.24) is 0 Å². The number of rotatable bonds is 1. The highest BCUT2D eigenvalue weighted by atomic mass is 16.3. The molecule has 0 bridgehead atoms. The van der Waals surface area contributed by atoms with Crippen molar-refractivity contribution in [2.24, 2.45) is 5.92 Å². The summed E-state index contributed by atoms with van der Waals surface area (Å²) in [6, 6.07) is 0. The molecule has 1 aliphatic carbocycles. The molecule has 0 aromatic carbocycles. The molecule has 2 atom stereocenters. The SMILES string of the molecule is CCC.CCC1CCCC1(C)O. The van der Waals surface area contributed by atoms with Gasteiger partial charge in [0.05, 0.1) is 5.60 Å². The van der Waals surface area contributed by atoms with E-state index < -0.39 is 0 Å². The third-order valence-corrected chi connectivity index (χ3v) is 2.61. The molecule has 2 unspecified atom stereocenters. The van der Waals surface area contributed by atoms with Crippen molar-refractivity contribution in [3.8, 4) is 0 Å². The molecule has 0 amide bonds. The summed E-state index contributed by atoms with van der Waals surface area (Å²) in [4.78, 5) is 0. The smallest absolute Gasteiger partial charge is 0.0647 e. The largest absolute Gasteiger partial charge is 0.390 e. The number of hydrogen-bond acceptors (Lipinski definition) is 1. The molecule has 0 aromatic rings. The summed E-state index contributed by atoms with van der Waals surface area (Å²) in [6.07, 6.45) is 5.83. The first-order valence-electron chi connectivity index (χ1n) is 5.30. The van der Waals surface area contributed by atoms with Crippen LogP contribution in [0.5, 0.6) is 0 Å². The number of aliphatic hydroxyl groups is 1. The lowest BCUT2D eigenvalue weighted by Crippen LogP contribution is -2.27. The van der Waals surface area contributed by atoms with E-state index in [1.807, 2.05) is 6.92 Å². The van der Waals surface area contributed by atoms with Crippen LogP contribution in [0.2, 0.25) is 0 Å². The fourth-order valence-electron chi connectivity index (χ4n) is 1.87. The normalized spacial score (nSPS) is 34.2. The van der Waals surface area contributed by atoms with E-state index in [0.29, 0.717) is 5.92 Å². The Morgan fingerprint density at radius 3 is 2.00 bits per heavy atom. The maximum Gasteiger partial charge on any atom is 0.0647 e. The summed E-state index contributed by atoms with van der Waals surface area (Å²) in [5.74, 6) is 0.567. The van der Waals surface area contributed by atoms with Gasteiger partial charge in [0.15, 0.2) is 0 Å². The van der Waals surface area contributed by atoms with Crippen LogP contribution in [0, 0.1) is 5.92 Å². The van der Waals surface area contributed by atoms with Gasteiger partial charge in [-0.1, -0.05) is 40.0 Å². The Balaban J connectivity index is 0.000000354. The Morgan fingerprint density at radius 2 is 1.83 bits per heavy atom. The van der Waals surface area contributed by atoms with Crippen molar-refractivity contribution in [2.75, 3.05) is 0 Å². The number of hydrogen-bond donors (Lipinski definition) is 1. The van der Waals surface area contributed by atoms with Gasteiger partial charge in [0.25, 0.3) is 0 Å². The lowest BCUT2D eigenvalue weighted by atomic mass is 9.91. The van der Waals surface area contributed by atoms with Gasteiger partial charge in [0.1, 0.15) is 0 Å². The van der Waals surface area contributed by atoms with Gasteiger partial charge in [-0.2, -0.15) is 0 Å². The predicted molar refractivity (Wildman–Crippen MR) is 54.2 cm³/mol. The Kier molecular flexibility index (Phi) is 5.56. The molecule has 1 saturated carbocycles. The zero-order valence-electron chi connectivity index (χ0n) is 9.06. The van der Waals surface area contributed by atoms with E-state index in [1.54, 1.807) is 0 Å². The minimum atomic E-state index is -0.339. The zero-order valence-corrected chi connectivity index (χ0v) is 9.06. The standard InChI is InChI=1S/C8H16O.C3H8/c1-3-7-5-4-6-8(7,2)9;1-3-2/h7,9H,3-6H2,1-2H3;3H2,1-2H3. The van der Waals surface area contributed by atoms with Crippen LogP contribution in [0.4, 0.5) is 0 Å². The minimum absolute atomic E-state index is 0.339. The predicted octanol–water partition coefficient (Wildman–Crippen LogP) is 3.36. The minimum Gasteiger partial charge on any atom is -0.390 e. The molecule has 1 rings (SSSR count). The summed E-state index contributed by atoms with van der Waals surface area (Å²) >= 11 is 0. The van der Waals surface area contributed by atoms with Crippen LogP contribution in [-0.4, -0.2) is 10.7 Å². The first kappa shape index (κ1) is 12.0.